The van der Waals surface area contributed by atoms with E-state index in [0.717, 1.165) is 38.5 Å². The van der Waals surface area contributed by atoms with Gasteiger partial charge in [-0.05, 0) is 30.6 Å². The summed E-state index contributed by atoms with van der Waals surface area (Å²) in [5, 5.41) is 64.4. The van der Waals surface area contributed by atoms with Crippen molar-refractivity contribution in [2.45, 2.75) is 136 Å². The first-order valence-corrected chi connectivity index (χ1v) is 15.9. The van der Waals surface area contributed by atoms with Crippen molar-refractivity contribution in [2.75, 3.05) is 6.61 Å². The molecule has 14 nitrogen and oxygen atoms in total. The van der Waals surface area contributed by atoms with Crippen molar-refractivity contribution in [2.24, 2.45) is 23.7 Å². The van der Waals surface area contributed by atoms with Gasteiger partial charge in [0.15, 0.2) is 11.2 Å². The van der Waals surface area contributed by atoms with E-state index in [-0.39, 0.29) is 18.9 Å². The Hall–Kier alpha value is -3.26. The molecule has 5 unspecified atom stereocenters. The zero-order valence-electron chi connectivity index (χ0n) is 27.9. The van der Waals surface area contributed by atoms with Gasteiger partial charge in [0, 0.05) is 0 Å². The van der Waals surface area contributed by atoms with Gasteiger partial charge in [-0.15, -0.1) is 0 Å². The minimum atomic E-state index is -2.80. The lowest BCUT2D eigenvalue weighted by Gasteiger charge is -2.30. The topological polar surface area (TPSA) is 253 Å². The lowest BCUT2D eigenvalue weighted by Crippen LogP contribution is -2.51. The van der Waals surface area contributed by atoms with Crippen molar-refractivity contribution in [1.82, 2.24) is 0 Å². The molecule has 0 radical (unpaired) electrons. The van der Waals surface area contributed by atoms with Gasteiger partial charge < -0.3 is 40.5 Å². The molecular formula is C32H56O14. The second-order valence-corrected chi connectivity index (χ2v) is 12.7. The first kappa shape index (κ1) is 44.9. The molecule has 0 saturated heterocycles. The molecular weight excluding hydrogens is 608 g/mol. The molecule has 0 heterocycles. The normalized spacial score (nSPS) is 15.7. The number of carboxylic acids is 5. The van der Waals surface area contributed by atoms with E-state index in [2.05, 4.69) is 27.7 Å². The van der Waals surface area contributed by atoms with Gasteiger partial charge >= 0.3 is 35.8 Å². The average Bonchev–Trinajstić information content (AvgIpc) is 2.91. The molecule has 268 valence electrons. The van der Waals surface area contributed by atoms with Crippen molar-refractivity contribution < 1.29 is 69.2 Å². The van der Waals surface area contributed by atoms with Gasteiger partial charge in [0.25, 0.3) is 0 Å². The highest BCUT2D eigenvalue weighted by Crippen LogP contribution is 2.31. The summed E-state index contributed by atoms with van der Waals surface area (Å²) in [6, 6.07) is 0. The summed E-state index contributed by atoms with van der Waals surface area (Å²) < 4.78 is 4.86. The molecule has 14 heteroatoms. The maximum atomic E-state index is 11.5. The summed E-state index contributed by atoms with van der Waals surface area (Å²) >= 11 is 0. The molecule has 0 spiro atoms. The van der Waals surface area contributed by atoms with Crippen LogP contribution in [0.2, 0.25) is 0 Å². The van der Waals surface area contributed by atoms with E-state index in [1.165, 1.54) is 12.8 Å². The highest BCUT2D eigenvalue weighted by atomic mass is 16.5. The Balaban J connectivity index is 0. The summed E-state index contributed by atoms with van der Waals surface area (Å²) in [4.78, 5) is 66.4. The molecule has 0 aromatic rings. The molecule has 0 rings (SSSR count). The fraction of sp³-hybridized carbons (Fsp3) is 0.812. The third kappa shape index (κ3) is 20.0. The number of unbranched alkanes of at least 4 members (excludes halogenated alkanes) is 4. The van der Waals surface area contributed by atoms with E-state index >= 15 is 0 Å². The number of aliphatic carboxylic acids is 5. The van der Waals surface area contributed by atoms with E-state index in [4.69, 9.17) is 25.2 Å². The highest BCUT2D eigenvalue weighted by molar-refractivity contribution is 5.90. The van der Waals surface area contributed by atoms with Gasteiger partial charge in [-0.25, -0.2) is 9.59 Å². The Morgan fingerprint density at radius 3 is 1.61 bits per heavy atom. The van der Waals surface area contributed by atoms with Crippen LogP contribution >= 0.6 is 0 Å². The number of rotatable bonds is 25. The second-order valence-electron chi connectivity index (χ2n) is 12.7. The van der Waals surface area contributed by atoms with Crippen molar-refractivity contribution in [3.63, 3.8) is 0 Å². The van der Waals surface area contributed by atoms with Gasteiger partial charge in [-0.2, -0.15) is 0 Å². The lowest BCUT2D eigenvalue weighted by molar-refractivity contribution is -0.180. The molecule has 0 aliphatic heterocycles. The summed E-state index contributed by atoms with van der Waals surface area (Å²) in [7, 11) is 0. The van der Waals surface area contributed by atoms with E-state index in [0.29, 0.717) is 24.7 Å². The monoisotopic (exact) mass is 664 g/mol. The largest absolute Gasteiger partial charge is 0.481 e. The minimum Gasteiger partial charge on any atom is -0.481 e. The Labute approximate surface area is 271 Å². The van der Waals surface area contributed by atoms with Crippen LogP contribution in [0, 0.1) is 23.7 Å². The number of esters is 1. The number of carbonyl (C=O) groups excluding carboxylic acids is 1. The molecule has 0 aliphatic rings. The molecule has 5 atom stereocenters. The molecule has 0 aliphatic carbocycles. The van der Waals surface area contributed by atoms with E-state index in [9.17, 15) is 44.1 Å². The van der Waals surface area contributed by atoms with Crippen molar-refractivity contribution in [3.8, 4) is 0 Å². The zero-order valence-corrected chi connectivity index (χ0v) is 27.9. The van der Waals surface area contributed by atoms with Crippen LogP contribution in [0.1, 0.15) is 125 Å². The Morgan fingerprint density at radius 1 is 0.630 bits per heavy atom. The third-order valence-corrected chi connectivity index (χ3v) is 7.86. The van der Waals surface area contributed by atoms with E-state index in [1.54, 1.807) is 6.92 Å². The van der Waals surface area contributed by atoms with E-state index < -0.39 is 72.2 Å². The van der Waals surface area contributed by atoms with Crippen LogP contribution in [0.5, 0.6) is 0 Å². The first-order valence-electron chi connectivity index (χ1n) is 15.9. The maximum absolute atomic E-state index is 11.5. The van der Waals surface area contributed by atoms with Crippen LogP contribution in [-0.4, -0.2) is 89.4 Å². The van der Waals surface area contributed by atoms with Gasteiger partial charge in [0.1, 0.15) is 0 Å². The minimum absolute atomic E-state index is 0.0775. The van der Waals surface area contributed by atoms with Gasteiger partial charge in [-0.1, -0.05) is 92.4 Å². The maximum Gasteiger partial charge on any atom is 0.337 e. The Morgan fingerprint density at radius 2 is 1.15 bits per heavy atom. The number of carbonyl (C=O) groups is 6. The molecule has 0 fully saturated rings. The summed E-state index contributed by atoms with van der Waals surface area (Å²) in [6.07, 6.45) is 6.63. The zero-order chi connectivity index (χ0) is 36.1. The van der Waals surface area contributed by atoms with Gasteiger partial charge in [0.05, 0.1) is 31.8 Å². The Bertz CT molecular complexity index is 964. The molecule has 0 aromatic heterocycles. The summed E-state index contributed by atoms with van der Waals surface area (Å²) in [5.41, 5.74) is -5.43. The molecule has 0 saturated carbocycles. The number of hydrogen-bond donors (Lipinski definition) is 7. The second kappa shape index (κ2) is 23.1. The standard InChI is InChI=1S/2C16H28O7/c1-12(2)8-6-4-3-5-7-9-23-14(19)11-16(22,15(20)21)10-13(17)18;1-4-10(2)6-5-7-11(3)8-12(14(19)20)16(23,15(21)22)9-13(17)18/h12,22H,3-11H2,1-2H3,(H,17,18)(H,20,21);10-12,23H,4-9H2,1-3H3,(H,17,18)(H,19,20)(H,21,22). The van der Waals surface area contributed by atoms with Gasteiger partial charge in [0.2, 0.25) is 0 Å². The van der Waals surface area contributed by atoms with Crippen molar-refractivity contribution in [3.05, 3.63) is 0 Å². The Kier molecular flexibility index (Phi) is 22.5. The van der Waals surface area contributed by atoms with Crippen LogP contribution in [0.15, 0.2) is 0 Å². The quantitative estimate of drug-likeness (QED) is 0.0527. The molecule has 0 amide bonds. The SMILES string of the molecule is CC(C)CCCCCCCOC(=O)CC(O)(CC(=O)O)C(=O)O.CCC(C)CCCC(C)CC(C(=O)O)C(O)(CC(=O)O)C(=O)O. The van der Waals surface area contributed by atoms with Gasteiger partial charge in [-0.3, -0.25) is 19.2 Å². The smallest absolute Gasteiger partial charge is 0.337 e. The first-order chi connectivity index (χ1) is 21.2. The molecule has 46 heavy (non-hydrogen) atoms. The van der Waals surface area contributed by atoms with Crippen LogP contribution in [0.25, 0.3) is 0 Å². The average molecular weight is 665 g/mol. The van der Waals surface area contributed by atoms with Crippen LogP contribution in [0.3, 0.4) is 0 Å². The molecule has 0 bridgehead atoms. The van der Waals surface area contributed by atoms with Crippen LogP contribution in [0.4, 0.5) is 0 Å². The van der Waals surface area contributed by atoms with Crippen LogP contribution < -0.4 is 0 Å². The van der Waals surface area contributed by atoms with E-state index in [1.807, 2.05) is 0 Å². The predicted molar refractivity (Wildman–Crippen MR) is 166 cm³/mol. The van der Waals surface area contributed by atoms with Crippen LogP contribution in [-0.2, 0) is 33.5 Å². The fourth-order valence-corrected chi connectivity index (χ4v) is 4.74. The number of ether oxygens (including phenoxy) is 1. The number of aliphatic hydroxyl groups is 2. The number of carboxylic acid groups (broad SMARTS) is 5. The fourth-order valence-electron chi connectivity index (χ4n) is 4.74. The van der Waals surface area contributed by atoms with Crippen molar-refractivity contribution in [1.29, 1.82) is 0 Å². The third-order valence-electron chi connectivity index (χ3n) is 7.86. The summed E-state index contributed by atoms with van der Waals surface area (Å²) in [6.45, 7) is 10.5. The molecule has 0 aromatic carbocycles. The summed E-state index contributed by atoms with van der Waals surface area (Å²) in [5.74, 6) is -9.53. The molecule has 7 N–H and O–H groups in total. The lowest BCUT2D eigenvalue weighted by atomic mass is 9.78. The number of hydrogen-bond acceptors (Lipinski definition) is 9. The predicted octanol–water partition coefficient (Wildman–Crippen LogP) is 4.43. The highest BCUT2D eigenvalue weighted by Gasteiger charge is 2.50. The van der Waals surface area contributed by atoms with Crippen molar-refractivity contribution >= 4 is 35.8 Å².